The Morgan fingerprint density at radius 2 is 1.95 bits per heavy atom. The lowest BCUT2D eigenvalue weighted by molar-refractivity contribution is 0.477. The Labute approximate surface area is 126 Å². The second kappa shape index (κ2) is 7.47. The largest absolute Gasteiger partial charge is 0.456 e. The highest BCUT2D eigenvalue weighted by molar-refractivity contribution is 5.48. The summed E-state index contributed by atoms with van der Waals surface area (Å²) in [5.41, 5.74) is 2.71. The van der Waals surface area contributed by atoms with Gasteiger partial charge in [0.2, 0.25) is 0 Å². The van der Waals surface area contributed by atoms with E-state index in [9.17, 15) is 5.26 Å². The predicted molar refractivity (Wildman–Crippen MR) is 84.4 cm³/mol. The molecule has 0 heterocycles. The fourth-order valence-corrected chi connectivity index (χ4v) is 2.06. The Hall–Kier alpha value is -2.31. The number of benzene rings is 2. The predicted octanol–water partition coefficient (Wildman–Crippen LogP) is 4.16. The smallest absolute Gasteiger partial charge is 0.145 e. The van der Waals surface area contributed by atoms with Crippen LogP contribution in [0.15, 0.2) is 42.5 Å². The zero-order chi connectivity index (χ0) is 15.1. The molecule has 0 saturated carbocycles. The summed E-state index contributed by atoms with van der Waals surface area (Å²) in [4.78, 5) is 0. The highest BCUT2D eigenvalue weighted by Gasteiger charge is 2.07. The van der Waals surface area contributed by atoms with Gasteiger partial charge in [-0.25, -0.2) is 0 Å². The van der Waals surface area contributed by atoms with Gasteiger partial charge in [-0.1, -0.05) is 31.2 Å². The third-order valence-corrected chi connectivity index (χ3v) is 3.23. The molecule has 0 radical (unpaired) electrons. The number of para-hydroxylation sites is 1. The van der Waals surface area contributed by atoms with Gasteiger partial charge in [-0.3, -0.25) is 0 Å². The lowest BCUT2D eigenvalue weighted by Gasteiger charge is -2.11. The van der Waals surface area contributed by atoms with Gasteiger partial charge < -0.3 is 10.1 Å². The van der Waals surface area contributed by atoms with E-state index in [2.05, 4.69) is 18.3 Å². The van der Waals surface area contributed by atoms with Crippen LogP contribution in [0.5, 0.6) is 11.5 Å². The third-order valence-electron chi connectivity index (χ3n) is 3.23. The minimum Gasteiger partial charge on any atom is -0.456 e. The zero-order valence-electron chi connectivity index (χ0n) is 12.5. The maximum Gasteiger partial charge on any atom is 0.145 e. The Bertz CT molecular complexity index is 644. The maximum absolute atomic E-state index is 9.31. The van der Waals surface area contributed by atoms with Gasteiger partial charge in [0.1, 0.15) is 17.6 Å². The average molecular weight is 280 g/mol. The summed E-state index contributed by atoms with van der Waals surface area (Å²) in [5, 5.41) is 12.6. The Balaban J connectivity index is 2.17. The van der Waals surface area contributed by atoms with Crippen LogP contribution >= 0.6 is 0 Å². The number of hydrogen-bond donors (Lipinski definition) is 1. The van der Waals surface area contributed by atoms with Crippen LogP contribution in [0.3, 0.4) is 0 Å². The van der Waals surface area contributed by atoms with E-state index in [4.69, 9.17) is 4.74 Å². The summed E-state index contributed by atoms with van der Waals surface area (Å²) in [6.07, 6.45) is 1.10. The van der Waals surface area contributed by atoms with Crippen LogP contribution in [0.4, 0.5) is 0 Å². The van der Waals surface area contributed by atoms with Gasteiger partial charge in [-0.2, -0.15) is 5.26 Å². The van der Waals surface area contributed by atoms with Crippen LogP contribution in [0.25, 0.3) is 0 Å². The van der Waals surface area contributed by atoms with E-state index in [0.717, 1.165) is 36.4 Å². The van der Waals surface area contributed by atoms with E-state index in [1.54, 1.807) is 0 Å². The summed E-state index contributed by atoms with van der Waals surface area (Å²) in [7, 11) is 0. The van der Waals surface area contributed by atoms with Crippen molar-refractivity contribution in [2.45, 2.75) is 26.8 Å². The van der Waals surface area contributed by atoms with Crippen molar-refractivity contribution in [1.82, 2.24) is 5.32 Å². The van der Waals surface area contributed by atoms with Crippen molar-refractivity contribution in [3.8, 4) is 17.6 Å². The second-order valence-corrected chi connectivity index (χ2v) is 4.99. The SMILES string of the molecule is CCCNCc1ccc(Oc2ccccc2C)c(C#N)c1. The molecule has 2 aromatic carbocycles. The van der Waals surface area contributed by atoms with Gasteiger partial charge in [-0.15, -0.1) is 0 Å². The fourth-order valence-electron chi connectivity index (χ4n) is 2.06. The molecule has 2 aromatic rings. The van der Waals surface area contributed by atoms with Crippen LogP contribution in [0.1, 0.15) is 30.0 Å². The molecule has 0 fully saturated rings. The lowest BCUT2D eigenvalue weighted by Crippen LogP contribution is -2.13. The first-order valence-corrected chi connectivity index (χ1v) is 7.22. The Morgan fingerprint density at radius 3 is 2.67 bits per heavy atom. The molecule has 0 amide bonds. The molecule has 3 nitrogen and oxygen atoms in total. The van der Waals surface area contributed by atoms with Gasteiger partial charge >= 0.3 is 0 Å². The number of hydrogen-bond acceptors (Lipinski definition) is 3. The average Bonchev–Trinajstić information content (AvgIpc) is 2.51. The van der Waals surface area contributed by atoms with Gasteiger partial charge in [0.15, 0.2) is 0 Å². The molecular formula is C18H20N2O. The molecule has 2 rings (SSSR count). The summed E-state index contributed by atoms with van der Waals surface area (Å²) in [6, 6.07) is 15.8. The molecule has 0 saturated heterocycles. The highest BCUT2D eigenvalue weighted by atomic mass is 16.5. The number of nitrogens with zero attached hydrogens (tertiary/aromatic N) is 1. The van der Waals surface area contributed by atoms with Crippen molar-refractivity contribution in [3.63, 3.8) is 0 Å². The quantitative estimate of drug-likeness (QED) is 0.808. The molecule has 0 bridgehead atoms. The standard InChI is InChI=1S/C18H20N2O/c1-3-10-20-13-15-8-9-18(16(11-15)12-19)21-17-7-5-4-6-14(17)2/h4-9,11,20H,3,10,13H2,1-2H3. The van der Waals surface area contributed by atoms with Crippen molar-refractivity contribution in [2.24, 2.45) is 0 Å². The fraction of sp³-hybridized carbons (Fsp3) is 0.278. The van der Waals surface area contributed by atoms with Gasteiger partial charge in [0.05, 0.1) is 5.56 Å². The number of ether oxygens (including phenoxy) is 1. The first-order valence-electron chi connectivity index (χ1n) is 7.22. The third kappa shape index (κ3) is 4.08. The van der Waals surface area contributed by atoms with Gasteiger partial charge in [0.25, 0.3) is 0 Å². The van der Waals surface area contributed by atoms with Crippen molar-refractivity contribution in [3.05, 3.63) is 59.2 Å². The molecule has 0 unspecified atom stereocenters. The minimum absolute atomic E-state index is 0.564. The van der Waals surface area contributed by atoms with E-state index in [1.165, 1.54) is 0 Å². The van der Waals surface area contributed by atoms with E-state index >= 15 is 0 Å². The molecule has 108 valence electrons. The first kappa shape index (κ1) is 15.1. The summed E-state index contributed by atoms with van der Waals surface area (Å²) in [6.45, 7) is 5.87. The van der Waals surface area contributed by atoms with Crippen LogP contribution in [-0.4, -0.2) is 6.54 Å². The highest BCUT2D eigenvalue weighted by Crippen LogP contribution is 2.28. The maximum atomic E-state index is 9.31. The molecule has 21 heavy (non-hydrogen) atoms. The monoisotopic (exact) mass is 280 g/mol. The van der Waals surface area contributed by atoms with Gasteiger partial charge in [-0.05, 0) is 49.2 Å². The van der Waals surface area contributed by atoms with Crippen LogP contribution in [0.2, 0.25) is 0 Å². The summed E-state index contributed by atoms with van der Waals surface area (Å²) in [5.74, 6) is 1.39. The van der Waals surface area contributed by atoms with E-state index in [-0.39, 0.29) is 0 Å². The van der Waals surface area contributed by atoms with Crippen LogP contribution in [-0.2, 0) is 6.54 Å². The topological polar surface area (TPSA) is 45.0 Å². The number of aryl methyl sites for hydroxylation is 1. The number of nitriles is 1. The normalized spacial score (nSPS) is 10.1. The molecule has 1 N–H and O–H groups in total. The van der Waals surface area contributed by atoms with Crippen LogP contribution < -0.4 is 10.1 Å². The lowest BCUT2D eigenvalue weighted by atomic mass is 10.1. The molecule has 0 aliphatic heterocycles. The zero-order valence-corrected chi connectivity index (χ0v) is 12.5. The van der Waals surface area contributed by atoms with Crippen molar-refractivity contribution < 1.29 is 4.74 Å². The molecule has 0 spiro atoms. The Morgan fingerprint density at radius 1 is 1.14 bits per heavy atom. The summed E-state index contributed by atoms with van der Waals surface area (Å²) >= 11 is 0. The van der Waals surface area contributed by atoms with Crippen LogP contribution in [0, 0.1) is 18.3 Å². The van der Waals surface area contributed by atoms with Crippen molar-refractivity contribution >= 4 is 0 Å². The number of nitrogens with one attached hydrogen (secondary N) is 1. The molecule has 0 aliphatic rings. The van der Waals surface area contributed by atoms with E-state index in [1.807, 2.05) is 49.4 Å². The second-order valence-electron chi connectivity index (χ2n) is 4.99. The van der Waals surface area contributed by atoms with Crippen molar-refractivity contribution in [2.75, 3.05) is 6.54 Å². The summed E-state index contributed by atoms with van der Waals surface area (Å²) < 4.78 is 5.87. The first-order chi connectivity index (χ1) is 10.2. The molecule has 3 heteroatoms. The van der Waals surface area contributed by atoms with Crippen molar-refractivity contribution in [1.29, 1.82) is 5.26 Å². The minimum atomic E-state index is 0.564. The molecule has 0 aromatic heterocycles. The molecule has 0 aliphatic carbocycles. The van der Waals surface area contributed by atoms with E-state index < -0.39 is 0 Å². The van der Waals surface area contributed by atoms with Gasteiger partial charge in [0, 0.05) is 6.54 Å². The Kier molecular flexibility index (Phi) is 5.36. The molecule has 0 atom stereocenters. The molecular weight excluding hydrogens is 260 g/mol. The number of rotatable bonds is 6. The van der Waals surface area contributed by atoms with E-state index in [0.29, 0.717) is 11.3 Å².